The second-order valence-electron chi connectivity index (χ2n) is 7.38. The molecule has 31 heavy (non-hydrogen) atoms. The first kappa shape index (κ1) is 20.5. The molecular formula is C25H22FN3O2. The summed E-state index contributed by atoms with van der Waals surface area (Å²) in [5, 5.41) is 7.03. The minimum Gasteiger partial charge on any atom is -0.337 e. The van der Waals surface area contributed by atoms with Gasteiger partial charge in [0.05, 0.1) is 11.3 Å². The van der Waals surface area contributed by atoms with Crippen LogP contribution in [0.5, 0.6) is 0 Å². The van der Waals surface area contributed by atoms with Gasteiger partial charge in [0, 0.05) is 18.2 Å². The molecule has 2 heterocycles. The van der Waals surface area contributed by atoms with Crippen LogP contribution in [0.15, 0.2) is 71.4 Å². The summed E-state index contributed by atoms with van der Waals surface area (Å²) in [5.74, 6) is -0.288. The Morgan fingerprint density at radius 3 is 2.48 bits per heavy atom. The van der Waals surface area contributed by atoms with E-state index in [0.29, 0.717) is 35.4 Å². The third kappa shape index (κ3) is 4.53. The summed E-state index contributed by atoms with van der Waals surface area (Å²) in [5.41, 5.74) is 5.51. The van der Waals surface area contributed by atoms with Gasteiger partial charge in [-0.25, -0.2) is 4.39 Å². The number of nitrogens with zero attached hydrogens (tertiary/aromatic N) is 2. The molecule has 0 spiro atoms. The molecule has 0 saturated carbocycles. The Hall–Kier alpha value is -3.80. The Kier molecular flexibility index (Phi) is 5.89. The molecule has 0 saturated heterocycles. The van der Waals surface area contributed by atoms with Gasteiger partial charge in [0.1, 0.15) is 11.5 Å². The summed E-state index contributed by atoms with van der Waals surface area (Å²) in [6.45, 7) is 3.95. The number of carbonyl (C=O) groups excluding carboxylic acids is 1. The number of halogens is 1. The maximum Gasteiger partial charge on any atom is 0.241 e. The molecule has 156 valence electrons. The van der Waals surface area contributed by atoms with Crippen LogP contribution in [-0.4, -0.2) is 16.0 Å². The van der Waals surface area contributed by atoms with Crippen LogP contribution in [0.25, 0.3) is 22.5 Å². The van der Waals surface area contributed by atoms with Crippen molar-refractivity contribution in [3.05, 3.63) is 89.4 Å². The molecule has 0 unspecified atom stereocenters. The first-order chi connectivity index (χ1) is 15.0. The summed E-state index contributed by atoms with van der Waals surface area (Å²) in [4.78, 5) is 17.2. The van der Waals surface area contributed by atoms with E-state index in [-0.39, 0.29) is 17.6 Å². The lowest BCUT2D eigenvalue weighted by Crippen LogP contribution is -2.12. The zero-order valence-corrected chi connectivity index (χ0v) is 17.4. The summed E-state index contributed by atoms with van der Waals surface area (Å²) in [6, 6.07) is 17.7. The molecule has 0 aliphatic carbocycles. The van der Waals surface area contributed by atoms with E-state index in [9.17, 15) is 9.18 Å². The lowest BCUT2D eigenvalue weighted by molar-refractivity contribution is -0.116. The number of carbonyl (C=O) groups is 1. The number of amides is 1. The predicted octanol–water partition coefficient (Wildman–Crippen LogP) is 5.73. The first-order valence-electron chi connectivity index (χ1n) is 10.0. The number of anilines is 1. The van der Waals surface area contributed by atoms with Crippen molar-refractivity contribution in [2.75, 3.05) is 5.32 Å². The molecule has 0 aliphatic rings. The van der Waals surface area contributed by atoms with E-state index in [0.717, 1.165) is 16.7 Å². The highest BCUT2D eigenvalue weighted by atomic mass is 19.1. The average molecular weight is 415 g/mol. The molecule has 0 aliphatic heterocycles. The number of pyridine rings is 1. The fourth-order valence-electron chi connectivity index (χ4n) is 3.38. The molecular weight excluding hydrogens is 393 g/mol. The van der Waals surface area contributed by atoms with Crippen molar-refractivity contribution >= 4 is 11.8 Å². The molecule has 4 rings (SSSR count). The molecule has 1 N–H and O–H groups in total. The summed E-state index contributed by atoms with van der Waals surface area (Å²) < 4.78 is 19.0. The fourth-order valence-corrected chi connectivity index (χ4v) is 3.38. The van der Waals surface area contributed by atoms with E-state index < -0.39 is 0 Å². The number of nitrogens with one attached hydrogen (secondary N) is 1. The van der Waals surface area contributed by atoms with Crippen LogP contribution < -0.4 is 5.32 Å². The third-order valence-electron chi connectivity index (χ3n) is 5.26. The second kappa shape index (κ2) is 8.92. The van der Waals surface area contributed by atoms with Crippen molar-refractivity contribution in [3.8, 4) is 22.5 Å². The van der Waals surface area contributed by atoms with Crippen molar-refractivity contribution in [2.45, 2.75) is 26.7 Å². The maximum atomic E-state index is 13.4. The van der Waals surface area contributed by atoms with E-state index in [4.69, 9.17) is 4.52 Å². The van der Waals surface area contributed by atoms with Crippen LogP contribution in [0.3, 0.4) is 0 Å². The largest absolute Gasteiger partial charge is 0.337 e. The number of benzene rings is 2. The number of aryl methyl sites for hydroxylation is 2. The molecule has 5 nitrogen and oxygen atoms in total. The van der Waals surface area contributed by atoms with E-state index in [1.165, 1.54) is 12.1 Å². The highest BCUT2D eigenvalue weighted by Crippen LogP contribution is 2.38. The fraction of sp³-hybridized carbons (Fsp3) is 0.160. The van der Waals surface area contributed by atoms with Crippen LogP contribution in [0.4, 0.5) is 10.3 Å². The lowest BCUT2D eigenvalue weighted by atomic mass is 9.99. The van der Waals surface area contributed by atoms with Gasteiger partial charge < -0.3 is 4.52 Å². The van der Waals surface area contributed by atoms with Gasteiger partial charge >= 0.3 is 0 Å². The Bertz CT molecular complexity index is 1200. The van der Waals surface area contributed by atoms with Crippen molar-refractivity contribution in [1.82, 2.24) is 10.1 Å². The van der Waals surface area contributed by atoms with E-state index >= 15 is 0 Å². The Balaban J connectivity index is 1.68. The molecule has 0 atom stereocenters. The standard InChI is InChI=1S/C25H22FN3O2/c1-16-14-15-27-23(17(16)2)22-24(19-9-11-20(26)12-10-19)29-31-25(22)28-21(30)13-8-18-6-4-3-5-7-18/h3-7,9-12,14-15H,8,13H2,1-2H3,(H,28,30). The highest BCUT2D eigenvalue weighted by molar-refractivity contribution is 5.97. The predicted molar refractivity (Wildman–Crippen MR) is 118 cm³/mol. The average Bonchev–Trinajstić information content (AvgIpc) is 3.18. The van der Waals surface area contributed by atoms with Gasteiger partial charge in [-0.05, 0) is 67.3 Å². The Labute approximate surface area is 179 Å². The van der Waals surface area contributed by atoms with Gasteiger partial charge in [0.25, 0.3) is 0 Å². The summed E-state index contributed by atoms with van der Waals surface area (Å²) in [6.07, 6.45) is 2.62. The van der Waals surface area contributed by atoms with Crippen molar-refractivity contribution in [2.24, 2.45) is 0 Å². The highest BCUT2D eigenvalue weighted by Gasteiger charge is 2.24. The lowest BCUT2D eigenvalue weighted by Gasteiger charge is -2.10. The Morgan fingerprint density at radius 2 is 1.74 bits per heavy atom. The first-order valence-corrected chi connectivity index (χ1v) is 10.0. The second-order valence-corrected chi connectivity index (χ2v) is 7.38. The van der Waals surface area contributed by atoms with Gasteiger partial charge in [0.2, 0.25) is 11.8 Å². The third-order valence-corrected chi connectivity index (χ3v) is 5.26. The van der Waals surface area contributed by atoms with Crippen LogP contribution in [0, 0.1) is 19.7 Å². The normalized spacial score (nSPS) is 10.8. The topological polar surface area (TPSA) is 68.0 Å². The van der Waals surface area contributed by atoms with Crippen LogP contribution in [0.1, 0.15) is 23.1 Å². The van der Waals surface area contributed by atoms with Crippen LogP contribution in [0.2, 0.25) is 0 Å². The minimum absolute atomic E-state index is 0.183. The van der Waals surface area contributed by atoms with Gasteiger partial charge in [-0.3, -0.25) is 15.1 Å². The number of rotatable bonds is 6. The number of hydrogen-bond donors (Lipinski definition) is 1. The smallest absolute Gasteiger partial charge is 0.241 e. The van der Waals surface area contributed by atoms with E-state index in [1.54, 1.807) is 18.3 Å². The Morgan fingerprint density at radius 1 is 1.00 bits per heavy atom. The zero-order chi connectivity index (χ0) is 21.8. The van der Waals surface area contributed by atoms with E-state index in [2.05, 4.69) is 15.5 Å². The molecule has 6 heteroatoms. The molecule has 0 bridgehead atoms. The summed E-state index contributed by atoms with van der Waals surface area (Å²) >= 11 is 0. The molecule has 2 aromatic carbocycles. The van der Waals surface area contributed by atoms with Crippen LogP contribution in [-0.2, 0) is 11.2 Å². The maximum absolute atomic E-state index is 13.4. The molecule has 0 radical (unpaired) electrons. The van der Waals surface area contributed by atoms with Gasteiger partial charge in [-0.15, -0.1) is 0 Å². The number of hydrogen-bond acceptors (Lipinski definition) is 4. The van der Waals surface area contributed by atoms with Gasteiger partial charge in [-0.2, -0.15) is 0 Å². The molecule has 2 aromatic heterocycles. The monoisotopic (exact) mass is 415 g/mol. The van der Waals surface area contributed by atoms with E-state index in [1.807, 2.05) is 50.2 Å². The van der Waals surface area contributed by atoms with Gasteiger partial charge in [-0.1, -0.05) is 35.5 Å². The van der Waals surface area contributed by atoms with Crippen molar-refractivity contribution < 1.29 is 13.7 Å². The molecule has 0 fully saturated rings. The SMILES string of the molecule is Cc1ccnc(-c2c(-c3ccc(F)cc3)noc2NC(=O)CCc2ccccc2)c1C. The molecule has 1 amide bonds. The van der Waals surface area contributed by atoms with Crippen LogP contribution >= 0.6 is 0 Å². The van der Waals surface area contributed by atoms with Crippen molar-refractivity contribution in [3.63, 3.8) is 0 Å². The van der Waals surface area contributed by atoms with Gasteiger partial charge in [0.15, 0.2) is 0 Å². The quantitative estimate of drug-likeness (QED) is 0.437. The minimum atomic E-state index is -0.340. The molecule has 4 aromatic rings. The summed E-state index contributed by atoms with van der Waals surface area (Å²) in [7, 11) is 0. The zero-order valence-electron chi connectivity index (χ0n) is 17.4. The van der Waals surface area contributed by atoms with Crippen molar-refractivity contribution in [1.29, 1.82) is 0 Å². The number of aromatic nitrogens is 2.